The molecule has 0 aliphatic carbocycles. The Balaban J connectivity index is 1.97. The lowest BCUT2D eigenvalue weighted by molar-refractivity contribution is 0.337. The first-order valence-electron chi connectivity index (χ1n) is 7.01. The van der Waals surface area contributed by atoms with Crippen molar-refractivity contribution in [2.24, 2.45) is 0 Å². The minimum absolute atomic E-state index is 0.0995. The van der Waals surface area contributed by atoms with Crippen molar-refractivity contribution in [2.75, 3.05) is 13.2 Å². The second-order valence-electron chi connectivity index (χ2n) is 4.94. The summed E-state index contributed by atoms with van der Waals surface area (Å²) in [6, 6.07) is 12.5. The van der Waals surface area contributed by atoms with E-state index in [9.17, 15) is 0 Å². The van der Waals surface area contributed by atoms with E-state index in [1.807, 2.05) is 19.1 Å². The SMILES string of the molecule is CCOc1ccc(Br)cc1C(Br)c1ccc2c(c1)CCO2. The van der Waals surface area contributed by atoms with E-state index >= 15 is 0 Å². The molecule has 0 N–H and O–H groups in total. The highest BCUT2D eigenvalue weighted by molar-refractivity contribution is 9.10. The molecule has 1 aliphatic heterocycles. The summed E-state index contributed by atoms with van der Waals surface area (Å²) in [4.78, 5) is 0.0995. The molecule has 21 heavy (non-hydrogen) atoms. The Morgan fingerprint density at radius 1 is 1.24 bits per heavy atom. The molecule has 0 saturated carbocycles. The highest BCUT2D eigenvalue weighted by Crippen LogP contribution is 2.40. The average Bonchev–Trinajstić information content (AvgIpc) is 2.96. The zero-order chi connectivity index (χ0) is 14.8. The Kier molecular flexibility index (Phi) is 4.55. The Bertz CT molecular complexity index is 655. The van der Waals surface area contributed by atoms with Crippen LogP contribution in [-0.2, 0) is 6.42 Å². The van der Waals surface area contributed by atoms with E-state index in [0.717, 1.165) is 34.6 Å². The summed E-state index contributed by atoms with van der Waals surface area (Å²) < 4.78 is 12.4. The molecule has 2 aromatic carbocycles. The normalized spacial score (nSPS) is 14.4. The molecule has 1 heterocycles. The Morgan fingerprint density at radius 3 is 2.90 bits per heavy atom. The predicted octanol–water partition coefficient (Wildman–Crippen LogP) is 5.27. The number of benzene rings is 2. The van der Waals surface area contributed by atoms with E-state index in [2.05, 4.69) is 56.1 Å². The molecule has 0 radical (unpaired) electrons. The molecule has 2 aromatic rings. The standard InChI is InChI=1S/C17H16Br2O2/c1-2-20-16-6-4-13(18)10-14(16)17(19)12-3-5-15-11(9-12)7-8-21-15/h3-6,9-10,17H,2,7-8H2,1H3. The molecule has 1 aliphatic rings. The zero-order valence-electron chi connectivity index (χ0n) is 11.7. The summed E-state index contributed by atoms with van der Waals surface area (Å²) in [6.07, 6.45) is 0.986. The summed E-state index contributed by atoms with van der Waals surface area (Å²) >= 11 is 7.36. The van der Waals surface area contributed by atoms with Crippen LogP contribution >= 0.6 is 31.9 Å². The van der Waals surface area contributed by atoms with Gasteiger partial charge < -0.3 is 9.47 Å². The largest absolute Gasteiger partial charge is 0.494 e. The van der Waals surface area contributed by atoms with Crippen molar-refractivity contribution in [3.05, 3.63) is 57.6 Å². The third-order valence-corrected chi connectivity index (χ3v) is 5.07. The quantitative estimate of drug-likeness (QED) is 0.638. The lowest BCUT2D eigenvalue weighted by Gasteiger charge is -2.17. The van der Waals surface area contributed by atoms with Gasteiger partial charge in [-0.3, -0.25) is 0 Å². The average molecular weight is 412 g/mol. The predicted molar refractivity (Wildman–Crippen MR) is 91.7 cm³/mol. The smallest absolute Gasteiger partial charge is 0.124 e. The summed E-state index contributed by atoms with van der Waals surface area (Å²) in [5, 5.41) is 0. The Labute approximate surface area is 141 Å². The summed E-state index contributed by atoms with van der Waals surface area (Å²) in [7, 11) is 0. The van der Waals surface area contributed by atoms with Crippen LogP contribution in [0.3, 0.4) is 0 Å². The van der Waals surface area contributed by atoms with Crippen LogP contribution in [-0.4, -0.2) is 13.2 Å². The highest BCUT2D eigenvalue weighted by Gasteiger charge is 2.19. The molecule has 1 atom stereocenters. The van der Waals surface area contributed by atoms with Crippen molar-refractivity contribution < 1.29 is 9.47 Å². The number of hydrogen-bond donors (Lipinski definition) is 0. The topological polar surface area (TPSA) is 18.5 Å². The first kappa shape index (κ1) is 14.9. The first-order chi connectivity index (χ1) is 10.2. The third-order valence-electron chi connectivity index (χ3n) is 3.55. The minimum atomic E-state index is 0.0995. The van der Waals surface area contributed by atoms with Crippen LogP contribution in [0.1, 0.15) is 28.4 Å². The van der Waals surface area contributed by atoms with Gasteiger partial charge in [-0.15, -0.1) is 0 Å². The van der Waals surface area contributed by atoms with Gasteiger partial charge >= 0.3 is 0 Å². The zero-order valence-corrected chi connectivity index (χ0v) is 14.9. The molecule has 0 saturated heterocycles. The molecule has 1 unspecified atom stereocenters. The number of ether oxygens (including phenoxy) is 2. The van der Waals surface area contributed by atoms with Crippen molar-refractivity contribution in [1.82, 2.24) is 0 Å². The van der Waals surface area contributed by atoms with E-state index in [1.54, 1.807) is 0 Å². The fraction of sp³-hybridized carbons (Fsp3) is 0.294. The van der Waals surface area contributed by atoms with Crippen LogP contribution < -0.4 is 9.47 Å². The molecule has 2 nitrogen and oxygen atoms in total. The molecule has 4 heteroatoms. The van der Waals surface area contributed by atoms with Gasteiger partial charge in [0.25, 0.3) is 0 Å². The van der Waals surface area contributed by atoms with E-state index in [0.29, 0.717) is 6.61 Å². The van der Waals surface area contributed by atoms with Gasteiger partial charge in [0.1, 0.15) is 11.5 Å². The molecule has 110 valence electrons. The van der Waals surface area contributed by atoms with Gasteiger partial charge in [0.15, 0.2) is 0 Å². The van der Waals surface area contributed by atoms with Gasteiger partial charge in [0, 0.05) is 16.5 Å². The second-order valence-corrected chi connectivity index (χ2v) is 6.77. The lowest BCUT2D eigenvalue weighted by Crippen LogP contribution is -2.00. The minimum Gasteiger partial charge on any atom is -0.494 e. The summed E-state index contributed by atoms with van der Waals surface area (Å²) in [5.41, 5.74) is 3.63. The number of fused-ring (bicyclic) bond motifs is 1. The molecule has 0 fully saturated rings. The molecule has 3 rings (SSSR count). The van der Waals surface area contributed by atoms with Gasteiger partial charge in [-0.1, -0.05) is 44.0 Å². The van der Waals surface area contributed by atoms with Gasteiger partial charge in [-0.25, -0.2) is 0 Å². The summed E-state index contributed by atoms with van der Waals surface area (Å²) in [5.74, 6) is 1.93. The molecular weight excluding hydrogens is 396 g/mol. The van der Waals surface area contributed by atoms with Crippen LogP contribution in [0, 0.1) is 0 Å². The highest BCUT2D eigenvalue weighted by atomic mass is 79.9. The van der Waals surface area contributed by atoms with Gasteiger partial charge in [-0.2, -0.15) is 0 Å². The van der Waals surface area contributed by atoms with Crippen LogP contribution in [0.2, 0.25) is 0 Å². The van der Waals surface area contributed by atoms with Gasteiger partial charge in [0.2, 0.25) is 0 Å². The fourth-order valence-corrected chi connectivity index (χ4v) is 3.57. The maximum Gasteiger partial charge on any atom is 0.124 e. The molecule has 0 aromatic heterocycles. The monoisotopic (exact) mass is 410 g/mol. The van der Waals surface area contributed by atoms with Crippen molar-refractivity contribution in [3.8, 4) is 11.5 Å². The van der Waals surface area contributed by atoms with Crippen molar-refractivity contribution in [3.63, 3.8) is 0 Å². The number of halogens is 2. The van der Waals surface area contributed by atoms with Crippen molar-refractivity contribution >= 4 is 31.9 Å². The van der Waals surface area contributed by atoms with E-state index in [1.165, 1.54) is 11.1 Å². The number of hydrogen-bond acceptors (Lipinski definition) is 2. The maximum atomic E-state index is 5.75. The summed E-state index contributed by atoms with van der Waals surface area (Å²) in [6.45, 7) is 3.45. The molecular formula is C17H16Br2O2. The number of rotatable bonds is 4. The van der Waals surface area contributed by atoms with Crippen molar-refractivity contribution in [1.29, 1.82) is 0 Å². The van der Waals surface area contributed by atoms with Crippen LogP contribution in [0.4, 0.5) is 0 Å². The Hall–Kier alpha value is -1.00. The molecule has 0 bridgehead atoms. The van der Waals surface area contributed by atoms with Crippen molar-refractivity contribution in [2.45, 2.75) is 18.2 Å². The van der Waals surface area contributed by atoms with E-state index < -0.39 is 0 Å². The maximum absolute atomic E-state index is 5.75. The number of alkyl halides is 1. The van der Waals surface area contributed by atoms with Gasteiger partial charge in [-0.05, 0) is 42.3 Å². The van der Waals surface area contributed by atoms with Gasteiger partial charge in [0.05, 0.1) is 18.0 Å². The molecule has 0 amide bonds. The Morgan fingerprint density at radius 2 is 2.10 bits per heavy atom. The van der Waals surface area contributed by atoms with E-state index in [-0.39, 0.29) is 4.83 Å². The van der Waals surface area contributed by atoms with Crippen LogP contribution in [0.15, 0.2) is 40.9 Å². The van der Waals surface area contributed by atoms with E-state index in [4.69, 9.17) is 9.47 Å². The first-order valence-corrected chi connectivity index (χ1v) is 8.72. The second kappa shape index (κ2) is 6.41. The van der Waals surface area contributed by atoms with Crippen LogP contribution in [0.25, 0.3) is 0 Å². The fourth-order valence-electron chi connectivity index (χ4n) is 2.55. The lowest BCUT2D eigenvalue weighted by atomic mass is 10.0. The molecule has 0 spiro atoms. The van der Waals surface area contributed by atoms with Crippen LogP contribution in [0.5, 0.6) is 11.5 Å². The third kappa shape index (κ3) is 3.11.